The van der Waals surface area contributed by atoms with Crippen molar-refractivity contribution in [3.05, 3.63) is 0 Å². The van der Waals surface area contributed by atoms with Crippen molar-refractivity contribution >= 4 is 17.7 Å². The second-order valence-electron chi connectivity index (χ2n) is 3.70. The Labute approximate surface area is 102 Å². The lowest BCUT2D eigenvalue weighted by molar-refractivity contribution is -0.145. The van der Waals surface area contributed by atoms with Gasteiger partial charge in [-0.1, -0.05) is 6.92 Å². The van der Waals surface area contributed by atoms with E-state index in [4.69, 9.17) is 4.74 Å². The zero-order chi connectivity index (χ0) is 12.4. The van der Waals surface area contributed by atoms with Crippen LogP contribution in [0, 0.1) is 0 Å². The molecule has 0 aliphatic rings. The largest absolute Gasteiger partial charge is 0.466 e. The molecule has 0 aliphatic carbocycles. The average Bonchev–Trinajstić information content (AvgIpc) is 2.24. The quantitative estimate of drug-likeness (QED) is 0.472. The molecule has 0 bridgehead atoms. The van der Waals surface area contributed by atoms with Crippen molar-refractivity contribution < 1.29 is 14.6 Å². The third kappa shape index (κ3) is 9.00. The van der Waals surface area contributed by atoms with Gasteiger partial charge in [0.05, 0.1) is 19.1 Å². The van der Waals surface area contributed by atoms with Crippen molar-refractivity contribution in [3.63, 3.8) is 0 Å². The lowest BCUT2D eigenvalue weighted by Gasteiger charge is -2.12. The Balaban J connectivity index is 3.43. The first kappa shape index (κ1) is 15.7. The van der Waals surface area contributed by atoms with Gasteiger partial charge in [-0.3, -0.25) is 4.79 Å². The SMILES string of the molecule is CCOC(=O)CC(O)CNCCC(C)SC. The standard InChI is InChI=1S/C11H23NO3S/c1-4-15-11(14)7-10(13)8-12-6-5-9(2)16-3/h9-10,12-13H,4-8H2,1-3H3. The van der Waals surface area contributed by atoms with Gasteiger partial charge in [-0.05, 0) is 26.1 Å². The Morgan fingerprint density at radius 1 is 1.56 bits per heavy atom. The number of aliphatic hydroxyl groups is 1. The van der Waals surface area contributed by atoms with E-state index in [0.29, 0.717) is 18.4 Å². The number of esters is 1. The van der Waals surface area contributed by atoms with Gasteiger partial charge in [-0.25, -0.2) is 0 Å². The van der Waals surface area contributed by atoms with Crippen molar-refractivity contribution in [2.24, 2.45) is 0 Å². The van der Waals surface area contributed by atoms with Gasteiger partial charge in [-0.15, -0.1) is 0 Å². The van der Waals surface area contributed by atoms with Crippen molar-refractivity contribution in [3.8, 4) is 0 Å². The molecule has 2 N–H and O–H groups in total. The Morgan fingerprint density at radius 2 is 2.25 bits per heavy atom. The van der Waals surface area contributed by atoms with E-state index in [9.17, 15) is 9.90 Å². The molecule has 5 heteroatoms. The molecule has 0 amide bonds. The van der Waals surface area contributed by atoms with E-state index >= 15 is 0 Å². The molecular weight excluding hydrogens is 226 g/mol. The average molecular weight is 249 g/mol. The first-order valence-corrected chi connectivity index (χ1v) is 6.96. The van der Waals surface area contributed by atoms with Gasteiger partial charge >= 0.3 is 5.97 Å². The molecule has 0 aliphatic heterocycles. The summed E-state index contributed by atoms with van der Waals surface area (Å²) < 4.78 is 4.74. The van der Waals surface area contributed by atoms with Crippen molar-refractivity contribution in [2.75, 3.05) is 26.0 Å². The second kappa shape index (κ2) is 9.93. The molecule has 96 valence electrons. The van der Waals surface area contributed by atoms with E-state index < -0.39 is 6.10 Å². The summed E-state index contributed by atoms with van der Waals surface area (Å²) in [7, 11) is 0. The Morgan fingerprint density at radius 3 is 2.81 bits per heavy atom. The molecular formula is C11H23NO3S. The van der Waals surface area contributed by atoms with E-state index in [1.165, 1.54) is 0 Å². The minimum absolute atomic E-state index is 0.0684. The highest BCUT2D eigenvalue weighted by Gasteiger charge is 2.10. The maximum atomic E-state index is 11.0. The van der Waals surface area contributed by atoms with Crippen molar-refractivity contribution in [1.82, 2.24) is 5.32 Å². The second-order valence-corrected chi connectivity index (χ2v) is 4.98. The third-order valence-electron chi connectivity index (χ3n) is 2.22. The Kier molecular flexibility index (Phi) is 9.77. The number of hydrogen-bond donors (Lipinski definition) is 2. The number of carbonyl (C=O) groups excluding carboxylic acids is 1. The van der Waals surface area contributed by atoms with E-state index in [2.05, 4.69) is 18.5 Å². The summed E-state index contributed by atoms with van der Waals surface area (Å²) >= 11 is 1.82. The molecule has 0 saturated heterocycles. The fourth-order valence-electron chi connectivity index (χ4n) is 1.18. The Hall–Kier alpha value is -0.260. The fraction of sp³-hybridized carbons (Fsp3) is 0.909. The topological polar surface area (TPSA) is 58.6 Å². The predicted octanol–water partition coefficient (Wildman–Crippen LogP) is 1.03. The number of rotatable bonds is 9. The zero-order valence-corrected chi connectivity index (χ0v) is 11.2. The minimum atomic E-state index is -0.649. The van der Waals surface area contributed by atoms with Gasteiger partial charge in [0.25, 0.3) is 0 Å². The molecule has 2 atom stereocenters. The van der Waals surface area contributed by atoms with Gasteiger partial charge in [0.1, 0.15) is 0 Å². The van der Waals surface area contributed by atoms with Crippen LogP contribution < -0.4 is 5.32 Å². The molecule has 0 aromatic rings. The summed E-state index contributed by atoms with van der Waals surface area (Å²) in [5.41, 5.74) is 0. The van der Waals surface area contributed by atoms with E-state index in [0.717, 1.165) is 13.0 Å². The molecule has 0 rings (SSSR count). The zero-order valence-electron chi connectivity index (χ0n) is 10.4. The van der Waals surface area contributed by atoms with Gasteiger partial charge < -0.3 is 15.2 Å². The number of nitrogens with one attached hydrogen (secondary N) is 1. The molecule has 0 heterocycles. The molecule has 0 aromatic heterocycles. The highest BCUT2D eigenvalue weighted by molar-refractivity contribution is 7.99. The van der Waals surface area contributed by atoms with Crippen LogP contribution in [-0.2, 0) is 9.53 Å². The molecule has 4 nitrogen and oxygen atoms in total. The van der Waals surface area contributed by atoms with Crippen LogP contribution in [0.4, 0.5) is 0 Å². The number of carbonyl (C=O) groups is 1. The summed E-state index contributed by atoms with van der Waals surface area (Å²) in [4.78, 5) is 11.0. The van der Waals surface area contributed by atoms with Crippen LogP contribution in [0.1, 0.15) is 26.7 Å². The molecule has 0 fully saturated rings. The highest BCUT2D eigenvalue weighted by atomic mass is 32.2. The first-order chi connectivity index (χ1) is 7.60. The molecule has 0 saturated carbocycles. The number of ether oxygens (including phenoxy) is 1. The summed E-state index contributed by atoms with van der Waals surface area (Å²) in [6.07, 6.45) is 2.57. The summed E-state index contributed by atoms with van der Waals surface area (Å²) in [6, 6.07) is 0. The smallest absolute Gasteiger partial charge is 0.308 e. The lowest BCUT2D eigenvalue weighted by atomic mass is 10.2. The van der Waals surface area contributed by atoms with Gasteiger partial charge in [-0.2, -0.15) is 11.8 Å². The summed E-state index contributed by atoms with van der Waals surface area (Å²) in [5.74, 6) is -0.339. The predicted molar refractivity (Wildman–Crippen MR) is 67.7 cm³/mol. The number of thioether (sulfide) groups is 1. The minimum Gasteiger partial charge on any atom is -0.466 e. The van der Waals surface area contributed by atoms with Crippen LogP contribution in [0.25, 0.3) is 0 Å². The fourth-order valence-corrected chi connectivity index (χ4v) is 1.53. The molecule has 0 spiro atoms. The molecule has 2 unspecified atom stereocenters. The molecule has 0 radical (unpaired) electrons. The van der Waals surface area contributed by atoms with E-state index in [-0.39, 0.29) is 12.4 Å². The van der Waals surface area contributed by atoms with E-state index in [1.54, 1.807) is 6.92 Å². The van der Waals surface area contributed by atoms with E-state index in [1.807, 2.05) is 11.8 Å². The van der Waals surface area contributed by atoms with Gasteiger partial charge in [0.15, 0.2) is 0 Å². The van der Waals surface area contributed by atoms with Crippen molar-refractivity contribution in [1.29, 1.82) is 0 Å². The number of aliphatic hydroxyl groups excluding tert-OH is 1. The molecule has 0 aromatic carbocycles. The van der Waals surface area contributed by atoms with Crippen LogP contribution >= 0.6 is 11.8 Å². The monoisotopic (exact) mass is 249 g/mol. The van der Waals surface area contributed by atoms with Crippen LogP contribution in [0.3, 0.4) is 0 Å². The summed E-state index contributed by atoms with van der Waals surface area (Å²) in [6.45, 7) is 5.60. The number of hydrogen-bond acceptors (Lipinski definition) is 5. The van der Waals surface area contributed by atoms with Crippen LogP contribution in [0.15, 0.2) is 0 Å². The molecule has 16 heavy (non-hydrogen) atoms. The van der Waals surface area contributed by atoms with Crippen LogP contribution in [0.5, 0.6) is 0 Å². The third-order valence-corrected chi connectivity index (χ3v) is 3.26. The van der Waals surface area contributed by atoms with Gasteiger partial charge in [0, 0.05) is 11.8 Å². The van der Waals surface area contributed by atoms with Crippen LogP contribution in [0.2, 0.25) is 0 Å². The Bertz CT molecular complexity index is 190. The normalized spacial score (nSPS) is 14.5. The van der Waals surface area contributed by atoms with Crippen LogP contribution in [-0.4, -0.2) is 48.4 Å². The lowest BCUT2D eigenvalue weighted by Crippen LogP contribution is -2.30. The summed E-state index contributed by atoms with van der Waals surface area (Å²) in [5, 5.41) is 13.2. The maximum Gasteiger partial charge on any atom is 0.308 e. The first-order valence-electron chi connectivity index (χ1n) is 5.67. The highest BCUT2D eigenvalue weighted by Crippen LogP contribution is 2.07. The maximum absolute atomic E-state index is 11.0. The van der Waals surface area contributed by atoms with Gasteiger partial charge in [0.2, 0.25) is 0 Å². The van der Waals surface area contributed by atoms with Crippen molar-refractivity contribution in [2.45, 2.75) is 38.0 Å².